The summed E-state index contributed by atoms with van der Waals surface area (Å²) in [5.41, 5.74) is 4.49. The van der Waals surface area contributed by atoms with E-state index in [-0.39, 0.29) is 30.3 Å². The first-order valence-corrected chi connectivity index (χ1v) is 12.4. The van der Waals surface area contributed by atoms with Gasteiger partial charge in [-0.1, -0.05) is 97.1 Å². The molecule has 2 atom stereocenters. The van der Waals surface area contributed by atoms with Crippen molar-refractivity contribution in [2.24, 2.45) is 0 Å². The first-order chi connectivity index (χ1) is 17.6. The van der Waals surface area contributed by atoms with Crippen molar-refractivity contribution in [1.29, 1.82) is 0 Å². The SMILES string of the molecule is CCOC(=O)C[C@@H](c1ccc(F)c(-c2ccccc2)c1)N(Cc1ccccc1)[C@H](C)c1ccccc1. The molecule has 0 saturated carbocycles. The third kappa shape index (κ3) is 6.27. The van der Waals surface area contributed by atoms with Crippen LogP contribution in [-0.4, -0.2) is 17.5 Å². The molecule has 184 valence electrons. The Bertz CT molecular complexity index is 1250. The molecule has 0 aromatic heterocycles. The monoisotopic (exact) mass is 481 g/mol. The van der Waals surface area contributed by atoms with Gasteiger partial charge in [0.15, 0.2) is 0 Å². The molecule has 4 heteroatoms. The predicted molar refractivity (Wildman–Crippen MR) is 143 cm³/mol. The quantitative estimate of drug-likeness (QED) is 0.217. The van der Waals surface area contributed by atoms with Gasteiger partial charge in [-0.3, -0.25) is 9.69 Å². The minimum atomic E-state index is -0.317. The molecule has 0 radical (unpaired) electrons. The number of carbonyl (C=O) groups excluding carboxylic acids is 1. The van der Waals surface area contributed by atoms with E-state index in [1.165, 1.54) is 6.07 Å². The maximum absolute atomic E-state index is 15.0. The van der Waals surface area contributed by atoms with E-state index in [2.05, 4.69) is 36.1 Å². The van der Waals surface area contributed by atoms with Crippen LogP contribution in [0.4, 0.5) is 4.39 Å². The molecule has 0 amide bonds. The summed E-state index contributed by atoms with van der Waals surface area (Å²) in [5, 5.41) is 0. The van der Waals surface area contributed by atoms with Crippen LogP contribution >= 0.6 is 0 Å². The van der Waals surface area contributed by atoms with Crippen LogP contribution in [0.15, 0.2) is 109 Å². The first kappa shape index (κ1) is 25.3. The molecule has 4 rings (SSSR count). The average molecular weight is 482 g/mol. The molecule has 0 spiro atoms. The maximum atomic E-state index is 15.0. The summed E-state index contributed by atoms with van der Waals surface area (Å²) in [7, 11) is 0. The number of ether oxygens (including phenoxy) is 1. The molecule has 0 heterocycles. The summed E-state index contributed by atoms with van der Waals surface area (Å²) in [6.45, 7) is 4.90. The minimum Gasteiger partial charge on any atom is -0.466 e. The van der Waals surface area contributed by atoms with E-state index in [1.807, 2.05) is 79.7 Å². The molecule has 0 N–H and O–H groups in total. The van der Waals surface area contributed by atoms with E-state index in [4.69, 9.17) is 4.74 Å². The largest absolute Gasteiger partial charge is 0.466 e. The lowest BCUT2D eigenvalue weighted by Gasteiger charge is -2.37. The van der Waals surface area contributed by atoms with Crippen molar-refractivity contribution < 1.29 is 13.9 Å². The van der Waals surface area contributed by atoms with Crippen LogP contribution in [0.2, 0.25) is 0 Å². The molecule has 0 saturated heterocycles. The van der Waals surface area contributed by atoms with Gasteiger partial charge in [-0.05, 0) is 48.2 Å². The van der Waals surface area contributed by atoms with Crippen molar-refractivity contribution in [2.45, 2.75) is 38.9 Å². The van der Waals surface area contributed by atoms with Crippen LogP contribution in [0.25, 0.3) is 11.1 Å². The zero-order valence-electron chi connectivity index (χ0n) is 20.8. The molecular formula is C32H32FNO2. The van der Waals surface area contributed by atoms with Gasteiger partial charge in [-0.25, -0.2) is 4.39 Å². The van der Waals surface area contributed by atoms with Crippen LogP contribution in [0.5, 0.6) is 0 Å². The number of benzene rings is 4. The highest BCUT2D eigenvalue weighted by Crippen LogP contribution is 2.37. The predicted octanol–water partition coefficient (Wildman–Crippen LogP) is 7.75. The third-order valence-corrected chi connectivity index (χ3v) is 6.51. The van der Waals surface area contributed by atoms with Crippen molar-refractivity contribution in [2.75, 3.05) is 6.61 Å². The number of nitrogens with zero attached hydrogens (tertiary/aromatic N) is 1. The van der Waals surface area contributed by atoms with Crippen LogP contribution in [-0.2, 0) is 16.1 Å². The standard InChI is InChI=1S/C32H32FNO2/c1-3-36-32(35)22-31(28-19-20-30(33)29(21-28)27-17-11-6-12-18-27)34(23-25-13-7-4-8-14-25)24(2)26-15-9-5-10-16-26/h4-21,24,31H,3,22-23H2,1-2H3/t24-,31+/m1/s1. The molecule has 4 aromatic rings. The van der Waals surface area contributed by atoms with E-state index >= 15 is 0 Å². The van der Waals surface area contributed by atoms with Crippen molar-refractivity contribution >= 4 is 5.97 Å². The number of halogens is 1. The van der Waals surface area contributed by atoms with Gasteiger partial charge in [0, 0.05) is 24.2 Å². The fourth-order valence-electron chi connectivity index (χ4n) is 4.63. The van der Waals surface area contributed by atoms with Crippen LogP contribution in [0, 0.1) is 5.82 Å². The van der Waals surface area contributed by atoms with E-state index in [1.54, 1.807) is 6.07 Å². The Balaban J connectivity index is 1.81. The highest BCUT2D eigenvalue weighted by atomic mass is 19.1. The summed E-state index contributed by atoms with van der Waals surface area (Å²) >= 11 is 0. The fraction of sp³-hybridized carbons (Fsp3) is 0.219. The zero-order chi connectivity index (χ0) is 25.3. The summed E-state index contributed by atoms with van der Waals surface area (Å²) in [4.78, 5) is 15.2. The lowest BCUT2D eigenvalue weighted by atomic mass is 9.93. The Morgan fingerprint density at radius 1 is 0.833 bits per heavy atom. The number of hydrogen-bond acceptors (Lipinski definition) is 3. The van der Waals surface area contributed by atoms with Gasteiger partial charge in [0.25, 0.3) is 0 Å². The van der Waals surface area contributed by atoms with Gasteiger partial charge < -0.3 is 4.74 Å². The second-order valence-corrected chi connectivity index (χ2v) is 8.87. The van der Waals surface area contributed by atoms with E-state index < -0.39 is 0 Å². The highest BCUT2D eigenvalue weighted by molar-refractivity contribution is 5.71. The highest BCUT2D eigenvalue weighted by Gasteiger charge is 2.29. The van der Waals surface area contributed by atoms with Crippen molar-refractivity contribution in [1.82, 2.24) is 4.90 Å². The topological polar surface area (TPSA) is 29.5 Å². The van der Waals surface area contributed by atoms with Gasteiger partial charge in [-0.15, -0.1) is 0 Å². The van der Waals surface area contributed by atoms with E-state index in [9.17, 15) is 9.18 Å². The molecule has 3 nitrogen and oxygen atoms in total. The Morgan fingerprint density at radius 3 is 2.08 bits per heavy atom. The lowest BCUT2D eigenvalue weighted by molar-refractivity contribution is -0.145. The second-order valence-electron chi connectivity index (χ2n) is 8.87. The van der Waals surface area contributed by atoms with Crippen LogP contribution in [0.3, 0.4) is 0 Å². The molecule has 0 aliphatic heterocycles. The molecule has 0 unspecified atom stereocenters. The molecule has 0 aliphatic carbocycles. The Labute approximate surface area is 213 Å². The second kappa shape index (κ2) is 12.3. The normalized spacial score (nSPS) is 12.8. The van der Waals surface area contributed by atoms with Gasteiger partial charge in [0.1, 0.15) is 5.82 Å². The average Bonchev–Trinajstić information content (AvgIpc) is 2.92. The van der Waals surface area contributed by atoms with E-state index in [0.717, 1.165) is 22.3 Å². The van der Waals surface area contributed by atoms with Crippen molar-refractivity contribution in [3.63, 3.8) is 0 Å². The van der Waals surface area contributed by atoms with E-state index in [0.29, 0.717) is 18.7 Å². The van der Waals surface area contributed by atoms with Gasteiger partial charge in [-0.2, -0.15) is 0 Å². The number of esters is 1. The summed E-state index contributed by atoms with van der Waals surface area (Å²) < 4.78 is 20.3. The fourth-order valence-corrected chi connectivity index (χ4v) is 4.63. The van der Waals surface area contributed by atoms with Crippen molar-refractivity contribution in [3.8, 4) is 11.1 Å². The molecule has 4 aromatic carbocycles. The van der Waals surface area contributed by atoms with Crippen LogP contribution < -0.4 is 0 Å². The lowest BCUT2D eigenvalue weighted by Crippen LogP contribution is -2.33. The Kier molecular flexibility index (Phi) is 8.64. The van der Waals surface area contributed by atoms with Gasteiger partial charge >= 0.3 is 5.97 Å². The first-order valence-electron chi connectivity index (χ1n) is 12.4. The Morgan fingerprint density at radius 2 is 1.44 bits per heavy atom. The summed E-state index contributed by atoms with van der Waals surface area (Å²) in [6, 6.07) is 34.8. The summed E-state index contributed by atoms with van der Waals surface area (Å²) in [5.74, 6) is -0.558. The third-order valence-electron chi connectivity index (χ3n) is 6.51. The van der Waals surface area contributed by atoms with Gasteiger partial charge in [0.2, 0.25) is 0 Å². The number of hydrogen-bond donors (Lipinski definition) is 0. The zero-order valence-corrected chi connectivity index (χ0v) is 20.8. The molecular weight excluding hydrogens is 449 g/mol. The Hall–Kier alpha value is -3.76. The number of rotatable bonds is 10. The van der Waals surface area contributed by atoms with Crippen LogP contribution in [0.1, 0.15) is 49.0 Å². The molecule has 0 bridgehead atoms. The summed E-state index contributed by atoms with van der Waals surface area (Å²) in [6.07, 6.45) is 0.164. The smallest absolute Gasteiger partial charge is 0.307 e. The molecule has 0 fully saturated rings. The molecule has 0 aliphatic rings. The molecule has 36 heavy (non-hydrogen) atoms. The van der Waals surface area contributed by atoms with Gasteiger partial charge in [0.05, 0.1) is 13.0 Å². The number of carbonyl (C=O) groups is 1. The maximum Gasteiger partial charge on any atom is 0.307 e. The minimum absolute atomic E-state index is 0.00365. The van der Waals surface area contributed by atoms with Crippen molar-refractivity contribution in [3.05, 3.63) is 132 Å².